The molecule has 1 amide bonds. The lowest BCUT2D eigenvalue weighted by atomic mass is 10.2. The first-order valence-electron chi connectivity index (χ1n) is 4.03. The summed E-state index contributed by atoms with van der Waals surface area (Å²) in [5, 5.41) is 3.00. The monoisotopic (exact) mass is 219 g/mol. The molecule has 1 atom stereocenters. The zero-order valence-electron chi connectivity index (χ0n) is 6.98. The van der Waals surface area contributed by atoms with Crippen LogP contribution in [0.3, 0.4) is 0 Å². The van der Waals surface area contributed by atoms with Gasteiger partial charge in [0.2, 0.25) is 5.91 Å². The fourth-order valence-corrected chi connectivity index (χ4v) is 0.988. The highest BCUT2D eigenvalue weighted by molar-refractivity contribution is 9.10. The molecule has 0 aromatic heterocycles. The fraction of sp³-hybridized carbons (Fsp3) is 0.875. The van der Waals surface area contributed by atoms with E-state index in [1.165, 1.54) is 0 Å². The number of hydrogen-bond donors (Lipinski definition) is 1. The van der Waals surface area contributed by atoms with Crippen LogP contribution in [0.1, 0.15) is 33.1 Å². The van der Waals surface area contributed by atoms with Gasteiger partial charge < -0.3 is 5.32 Å². The molecule has 1 rings (SSSR count). The van der Waals surface area contributed by atoms with Gasteiger partial charge in [-0.3, -0.25) is 4.79 Å². The van der Waals surface area contributed by atoms with Gasteiger partial charge in [-0.2, -0.15) is 0 Å². The van der Waals surface area contributed by atoms with Crippen molar-refractivity contribution in [2.24, 2.45) is 0 Å². The van der Waals surface area contributed by atoms with E-state index in [-0.39, 0.29) is 16.3 Å². The van der Waals surface area contributed by atoms with Gasteiger partial charge in [0, 0.05) is 5.54 Å². The Kier molecular flexibility index (Phi) is 2.58. The lowest BCUT2D eigenvalue weighted by Gasteiger charge is -2.13. The van der Waals surface area contributed by atoms with Crippen molar-refractivity contribution in [2.75, 3.05) is 0 Å². The quantitative estimate of drug-likeness (QED) is 0.722. The third-order valence-corrected chi connectivity index (χ3v) is 3.13. The molecule has 0 aliphatic heterocycles. The molecule has 3 heteroatoms. The number of carbonyl (C=O) groups is 1. The Hall–Kier alpha value is -0.0500. The molecule has 0 saturated heterocycles. The molecule has 1 N–H and O–H groups in total. The van der Waals surface area contributed by atoms with E-state index in [0.717, 1.165) is 19.3 Å². The molecule has 0 bridgehead atoms. The average molecular weight is 220 g/mol. The van der Waals surface area contributed by atoms with Gasteiger partial charge in [0.25, 0.3) is 0 Å². The Labute approximate surface area is 75.9 Å². The van der Waals surface area contributed by atoms with E-state index in [4.69, 9.17) is 0 Å². The van der Waals surface area contributed by atoms with Crippen LogP contribution in [0.2, 0.25) is 0 Å². The van der Waals surface area contributed by atoms with E-state index < -0.39 is 0 Å². The van der Waals surface area contributed by atoms with Gasteiger partial charge in [-0.15, -0.1) is 0 Å². The molecule has 0 radical (unpaired) electrons. The molecule has 0 aromatic rings. The minimum atomic E-state index is -0.0140. The standard InChI is InChI=1S/C8H14BrNO/c1-3-6(9)7(11)10-8(2)4-5-8/h6H,3-5H2,1-2H3,(H,10,11). The SMILES string of the molecule is CCC(Br)C(=O)NC1(C)CC1. The van der Waals surface area contributed by atoms with Gasteiger partial charge >= 0.3 is 0 Å². The number of alkyl halides is 1. The highest BCUT2D eigenvalue weighted by Crippen LogP contribution is 2.34. The number of hydrogen-bond acceptors (Lipinski definition) is 1. The Morgan fingerprint density at radius 2 is 2.27 bits per heavy atom. The van der Waals surface area contributed by atoms with Crippen LogP contribution in [0.4, 0.5) is 0 Å². The second kappa shape index (κ2) is 3.13. The minimum Gasteiger partial charge on any atom is -0.350 e. The van der Waals surface area contributed by atoms with E-state index in [1.54, 1.807) is 0 Å². The summed E-state index contributed by atoms with van der Waals surface area (Å²) in [6.45, 7) is 4.08. The summed E-state index contributed by atoms with van der Waals surface area (Å²) >= 11 is 3.31. The van der Waals surface area contributed by atoms with Crippen LogP contribution in [0.15, 0.2) is 0 Å². The van der Waals surface area contributed by atoms with E-state index in [0.29, 0.717) is 0 Å². The predicted molar refractivity (Wildman–Crippen MR) is 48.8 cm³/mol. The van der Waals surface area contributed by atoms with Crippen molar-refractivity contribution in [3.8, 4) is 0 Å². The summed E-state index contributed by atoms with van der Waals surface area (Å²) in [5.41, 5.74) is 0.123. The molecular weight excluding hydrogens is 206 g/mol. The van der Waals surface area contributed by atoms with Gasteiger partial charge in [-0.1, -0.05) is 22.9 Å². The number of rotatable bonds is 3. The Balaban J connectivity index is 2.31. The molecule has 0 spiro atoms. The third-order valence-electron chi connectivity index (χ3n) is 2.07. The van der Waals surface area contributed by atoms with Gasteiger partial charge in [0.1, 0.15) is 0 Å². The van der Waals surface area contributed by atoms with Gasteiger partial charge in [0.15, 0.2) is 0 Å². The molecule has 1 saturated carbocycles. The summed E-state index contributed by atoms with van der Waals surface area (Å²) in [4.78, 5) is 11.3. The smallest absolute Gasteiger partial charge is 0.234 e. The summed E-state index contributed by atoms with van der Waals surface area (Å²) in [5.74, 6) is 0.132. The van der Waals surface area contributed by atoms with E-state index in [9.17, 15) is 4.79 Å². The molecule has 0 aromatic carbocycles. The first-order valence-corrected chi connectivity index (χ1v) is 4.95. The molecule has 1 aliphatic rings. The second-order valence-electron chi connectivity index (χ2n) is 3.43. The van der Waals surface area contributed by atoms with Crippen LogP contribution in [0.25, 0.3) is 0 Å². The molecule has 2 nitrogen and oxygen atoms in total. The van der Waals surface area contributed by atoms with Crippen LogP contribution < -0.4 is 5.32 Å². The third kappa shape index (κ3) is 2.47. The van der Waals surface area contributed by atoms with E-state index in [1.807, 2.05) is 6.92 Å². The summed E-state index contributed by atoms with van der Waals surface area (Å²) in [7, 11) is 0. The van der Waals surface area contributed by atoms with Gasteiger partial charge in [-0.05, 0) is 26.2 Å². The summed E-state index contributed by atoms with van der Waals surface area (Å²) in [6, 6.07) is 0. The number of carbonyl (C=O) groups excluding carboxylic acids is 1. The molecule has 1 unspecified atom stereocenters. The zero-order chi connectivity index (χ0) is 8.48. The number of halogens is 1. The maximum atomic E-state index is 11.3. The predicted octanol–water partition coefficient (Wildman–Crippen LogP) is 1.83. The van der Waals surface area contributed by atoms with Crippen molar-refractivity contribution in [1.29, 1.82) is 0 Å². The molecule has 1 fully saturated rings. The topological polar surface area (TPSA) is 29.1 Å². The maximum Gasteiger partial charge on any atom is 0.234 e. The van der Waals surface area contributed by atoms with Crippen LogP contribution >= 0.6 is 15.9 Å². The van der Waals surface area contributed by atoms with Crippen LogP contribution in [-0.2, 0) is 4.79 Å². The first-order chi connectivity index (χ1) is 5.07. The normalized spacial score (nSPS) is 22.5. The van der Waals surface area contributed by atoms with Crippen molar-refractivity contribution < 1.29 is 4.79 Å². The molecular formula is C8H14BrNO. The van der Waals surface area contributed by atoms with Crippen molar-refractivity contribution in [2.45, 2.75) is 43.5 Å². The minimum absolute atomic E-state index is 0.0140. The fourth-order valence-electron chi connectivity index (χ4n) is 0.874. The van der Waals surface area contributed by atoms with Gasteiger partial charge in [0.05, 0.1) is 4.83 Å². The second-order valence-corrected chi connectivity index (χ2v) is 4.53. The summed E-state index contributed by atoms with van der Waals surface area (Å²) in [6.07, 6.45) is 3.10. The van der Waals surface area contributed by atoms with Crippen LogP contribution in [-0.4, -0.2) is 16.3 Å². The van der Waals surface area contributed by atoms with Crippen molar-refractivity contribution in [1.82, 2.24) is 5.32 Å². The van der Waals surface area contributed by atoms with E-state index in [2.05, 4.69) is 28.2 Å². The molecule has 1 aliphatic carbocycles. The first kappa shape index (κ1) is 9.04. The van der Waals surface area contributed by atoms with Crippen molar-refractivity contribution in [3.05, 3.63) is 0 Å². The van der Waals surface area contributed by atoms with Gasteiger partial charge in [-0.25, -0.2) is 0 Å². The lowest BCUT2D eigenvalue weighted by Crippen LogP contribution is -2.38. The van der Waals surface area contributed by atoms with E-state index >= 15 is 0 Å². The maximum absolute atomic E-state index is 11.3. The Morgan fingerprint density at radius 1 is 1.73 bits per heavy atom. The zero-order valence-corrected chi connectivity index (χ0v) is 8.57. The molecule has 0 heterocycles. The Bertz CT molecular complexity index is 165. The largest absolute Gasteiger partial charge is 0.350 e. The van der Waals surface area contributed by atoms with Crippen molar-refractivity contribution in [3.63, 3.8) is 0 Å². The number of amides is 1. The lowest BCUT2D eigenvalue weighted by molar-refractivity contribution is -0.121. The van der Waals surface area contributed by atoms with Crippen LogP contribution in [0, 0.1) is 0 Å². The van der Waals surface area contributed by atoms with Crippen molar-refractivity contribution >= 4 is 21.8 Å². The molecule has 64 valence electrons. The highest BCUT2D eigenvalue weighted by atomic mass is 79.9. The summed E-state index contributed by atoms with van der Waals surface area (Å²) < 4.78 is 0. The highest BCUT2D eigenvalue weighted by Gasteiger charge is 2.39. The molecule has 11 heavy (non-hydrogen) atoms. The van der Waals surface area contributed by atoms with Crippen LogP contribution in [0.5, 0.6) is 0 Å². The Morgan fingerprint density at radius 3 is 2.64 bits per heavy atom. The number of nitrogens with one attached hydrogen (secondary N) is 1. The average Bonchev–Trinajstić information content (AvgIpc) is 2.66.